The van der Waals surface area contributed by atoms with Gasteiger partial charge in [-0.15, -0.1) is 0 Å². The van der Waals surface area contributed by atoms with Gasteiger partial charge in [-0.3, -0.25) is 9.59 Å². The number of benzene rings is 2. The summed E-state index contributed by atoms with van der Waals surface area (Å²) in [6, 6.07) is 15.0. The van der Waals surface area contributed by atoms with Crippen LogP contribution >= 0.6 is 0 Å². The molecule has 7 heteroatoms. The van der Waals surface area contributed by atoms with E-state index in [0.717, 1.165) is 18.4 Å². The molecule has 1 saturated heterocycles. The van der Waals surface area contributed by atoms with Gasteiger partial charge in [-0.2, -0.15) is 0 Å². The zero-order valence-corrected chi connectivity index (χ0v) is 16.7. The number of amides is 2. The van der Waals surface area contributed by atoms with Crippen molar-refractivity contribution in [1.82, 2.24) is 5.32 Å². The number of hydrogen-bond donors (Lipinski definition) is 2. The normalized spacial score (nSPS) is 15.2. The van der Waals surface area contributed by atoms with Crippen molar-refractivity contribution in [3.8, 4) is 11.5 Å². The Labute approximate surface area is 170 Å². The Hall–Kier alpha value is -3.06. The predicted molar refractivity (Wildman–Crippen MR) is 109 cm³/mol. The Balaban J connectivity index is 1.68. The topological polar surface area (TPSA) is 85.9 Å². The minimum Gasteiger partial charge on any atom is -0.497 e. The molecule has 1 aliphatic heterocycles. The largest absolute Gasteiger partial charge is 0.497 e. The van der Waals surface area contributed by atoms with Crippen LogP contribution in [0.25, 0.3) is 0 Å². The molecule has 0 bridgehead atoms. The van der Waals surface area contributed by atoms with Gasteiger partial charge in [0, 0.05) is 31.2 Å². The van der Waals surface area contributed by atoms with Crippen molar-refractivity contribution < 1.29 is 23.8 Å². The number of anilines is 1. The zero-order valence-electron chi connectivity index (χ0n) is 16.7. The Morgan fingerprint density at radius 1 is 1.00 bits per heavy atom. The van der Waals surface area contributed by atoms with Gasteiger partial charge in [0.1, 0.15) is 11.5 Å². The Morgan fingerprint density at radius 2 is 1.72 bits per heavy atom. The molecule has 2 N–H and O–H groups in total. The fourth-order valence-electron chi connectivity index (χ4n) is 3.54. The first-order valence-electron chi connectivity index (χ1n) is 9.52. The summed E-state index contributed by atoms with van der Waals surface area (Å²) in [5.41, 5.74) is 1.26. The van der Waals surface area contributed by atoms with E-state index in [2.05, 4.69) is 22.8 Å². The number of ether oxygens (including phenoxy) is 3. The smallest absolute Gasteiger partial charge is 0.313 e. The van der Waals surface area contributed by atoms with Gasteiger partial charge in [0.25, 0.3) is 0 Å². The molecule has 1 heterocycles. The van der Waals surface area contributed by atoms with E-state index in [1.54, 1.807) is 18.2 Å². The Bertz CT molecular complexity index is 848. The summed E-state index contributed by atoms with van der Waals surface area (Å²) < 4.78 is 15.9. The maximum Gasteiger partial charge on any atom is 0.313 e. The molecule has 3 rings (SSSR count). The van der Waals surface area contributed by atoms with Crippen LogP contribution in [-0.4, -0.2) is 45.8 Å². The molecule has 0 atom stereocenters. The van der Waals surface area contributed by atoms with E-state index >= 15 is 0 Å². The molecular formula is C22H26N2O5. The van der Waals surface area contributed by atoms with E-state index in [-0.39, 0.29) is 5.41 Å². The number of methoxy groups -OCH3 is 2. The van der Waals surface area contributed by atoms with Crippen molar-refractivity contribution in [2.24, 2.45) is 0 Å². The molecule has 0 saturated carbocycles. The zero-order chi connectivity index (χ0) is 20.7. The molecule has 0 spiro atoms. The predicted octanol–water partition coefficient (Wildman–Crippen LogP) is 2.51. The van der Waals surface area contributed by atoms with Gasteiger partial charge < -0.3 is 24.8 Å². The molecule has 0 aliphatic carbocycles. The lowest BCUT2D eigenvalue weighted by Crippen LogP contribution is -2.47. The average Bonchev–Trinajstić information content (AvgIpc) is 2.78. The highest BCUT2D eigenvalue weighted by Gasteiger charge is 2.35. The van der Waals surface area contributed by atoms with Crippen LogP contribution < -0.4 is 20.1 Å². The van der Waals surface area contributed by atoms with Crippen LogP contribution in [0.15, 0.2) is 48.5 Å². The van der Waals surface area contributed by atoms with E-state index in [0.29, 0.717) is 36.9 Å². The third kappa shape index (κ3) is 4.86. The highest BCUT2D eigenvalue weighted by atomic mass is 16.5. The van der Waals surface area contributed by atoms with E-state index in [9.17, 15) is 9.59 Å². The summed E-state index contributed by atoms with van der Waals surface area (Å²) in [5.74, 6) is -0.465. The molecule has 1 aliphatic rings. The second kappa shape index (κ2) is 9.43. The van der Waals surface area contributed by atoms with Gasteiger partial charge in [-0.05, 0) is 30.5 Å². The lowest BCUT2D eigenvalue weighted by atomic mass is 9.74. The van der Waals surface area contributed by atoms with Crippen LogP contribution in [-0.2, 0) is 19.7 Å². The maximum atomic E-state index is 12.5. The van der Waals surface area contributed by atoms with Crippen LogP contribution in [0, 0.1) is 0 Å². The van der Waals surface area contributed by atoms with Crippen molar-refractivity contribution in [2.75, 3.05) is 39.3 Å². The SMILES string of the molecule is COc1ccc(OC)c(NC(=O)C(=O)NCC2(c3ccccc3)CCOCC2)c1. The fraction of sp³-hybridized carbons (Fsp3) is 0.364. The first-order valence-corrected chi connectivity index (χ1v) is 9.52. The van der Waals surface area contributed by atoms with Crippen molar-refractivity contribution in [1.29, 1.82) is 0 Å². The molecular weight excluding hydrogens is 372 g/mol. The molecule has 154 valence electrons. The van der Waals surface area contributed by atoms with Crippen LogP contribution in [0.5, 0.6) is 11.5 Å². The molecule has 0 aromatic heterocycles. The van der Waals surface area contributed by atoms with Crippen LogP contribution in [0.2, 0.25) is 0 Å². The maximum absolute atomic E-state index is 12.5. The monoisotopic (exact) mass is 398 g/mol. The number of carbonyl (C=O) groups excluding carboxylic acids is 2. The van der Waals surface area contributed by atoms with Gasteiger partial charge >= 0.3 is 11.8 Å². The molecule has 7 nitrogen and oxygen atoms in total. The summed E-state index contributed by atoms with van der Waals surface area (Å²) in [6.45, 7) is 1.61. The van der Waals surface area contributed by atoms with Crippen molar-refractivity contribution in [2.45, 2.75) is 18.3 Å². The molecule has 2 amide bonds. The molecule has 0 unspecified atom stereocenters. The molecule has 0 radical (unpaired) electrons. The highest BCUT2D eigenvalue weighted by molar-refractivity contribution is 6.39. The number of rotatable bonds is 6. The second-order valence-corrected chi connectivity index (χ2v) is 6.96. The van der Waals surface area contributed by atoms with Crippen LogP contribution in [0.1, 0.15) is 18.4 Å². The van der Waals surface area contributed by atoms with Crippen LogP contribution in [0.3, 0.4) is 0 Å². The molecule has 2 aromatic rings. The summed E-state index contributed by atoms with van der Waals surface area (Å²) in [4.78, 5) is 24.9. The highest BCUT2D eigenvalue weighted by Crippen LogP contribution is 2.34. The van der Waals surface area contributed by atoms with E-state index < -0.39 is 11.8 Å². The van der Waals surface area contributed by atoms with Crippen molar-refractivity contribution >= 4 is 17.5 Å². The number of nitrogens with one attached hydrogen (secondary N) is 2. The van der Waals surface area contributed by atoms with Crippen molar-refractivity contribution in [3.63, 3.8) is 0 Å². The molecule has 2 aromatic carbocycles. The molecule has 29 heavy (non-hydrogen) atoms. The first-order chi connectivity index (χ1) is 14.1. The lowest BCUT2D eigenvalue weighted by Gasteiger charge is -2.37. The van der Waals surface area contributed by atoms with E-state index in [1.807, 2.05) is 18.2 Å². The fourth-order valence-corrected chi connectivity index (χ4v) is 3.54. The van der Waals surface area contributed by atoms with Crippen LogP contribution in [0.4, 0.5) is 5.69 Å². The average molecular weight is 398 g/mol. The first kappa shape index (κ1) is 20.7. The third-order valence-corrected chi connectivity index (χ3v) is 5.28. The van der Waals surface area contributed by atoms with Gasteiger partial charge in [0.05, 0.1) is 19.9 Å². The minimum absolute atomic E-state index is 0.247. The van der Waals surface area contributed by atoms with Gasteiger partial charge in [-0.1, -0.05) is 30.3 Å². The van der Waals surface area contributed by atoms with E-state index in [1.165, 1.54) is 14.2 Å². The molecule has 1 fully saturated rings. The second-order valence-electron chi connectivity index (χ2n) is 6.96. The summed E-state index contributed by atoms with van der Waals surface area (Å²) in [5, 5.41) is 5.39. The minimum atomic E-state index is -0.758. The standard InChI is InChI=1S/C22H26N2O5/c1-27-17-8-9-19(28-2)18(14-17)24-21(26)20(25)23-15-22(10-12-29-13-11-22)16-6-4-3-5-7-16/h3-9,14H,10-13,15H2,1-2H3,(H,23,25)(H,24,26). The summed E-state index contributed by atoms with van der Waals surface area (Å²) >= 11 is 0. The van der Waals surface area contributed by atoms with E-state index in [4.69, 9.17) is 14.2 Å². The van der Waals surface area contributed by atoms with Gasteiger partial charge in [-0.25, -0.2) is 0 Å². The summed E-state index contributed by atoms with van der Waals surface area (Å²) in [7, 11) is 3.02. The quantitative estimate of drug-likeness (QED) is 0.731. The Kier molecular flexibility index (Phi) is 6.72. The van der Waals surface area contributed by atoms with Crippen molar-refractivity contribution in [3.05, 3.63) is 54.1 Å². The number of hydrogen-bond acceptors (Lipinski definition) is 5. The van der Waals surface area contributed by atoms with Gasteiger partial charge in [0.15, 0.2) is 0 Å². The Morgan fingerprint density at radius 3 is 2.38 bits per heavy atom. The lowest BCUT2D eigenvalue weighted by molar-refractivity contribution is -0.136. The van der Waals surface area contributed by atoms with Gasteiger partial charge in [0.2, 0.25) is 0 Å². The third-order valence-electron chi connectivity index (χ3n) is 5.28. The summed E-state index contributed by atoms with van der Waals surface area (Å²) in [6.07, 6.45) is 1.56. The number of carbonyl (C=O) groups is 2.